The highest BCUT2D eigenvalue weighted by molar-refractivity contribution is 7.81. The lowest BCUT2D eigenvalue weighted by molar-refractivity contribution is -0.116. The molecule has 0 aliphatic heterocycles. The smallest absolute Gasteiger partial charge is 0.142 e. The zero-order valence-corrected chi connectivity index (χ0v) is 4.55. The molecule has 0 aromatic carbocycles. The van der Waals surface area contributed by atoms with Gasteiger partial charge in [0, 0.05) is 12.2 Å². The van der Waals surface area contributed by atoms with E-state index >= 15 is 0 Å². The lowest BCUT2D eigenvalue weighted by atomic mass is 10.4. The van der Waals surface area contributed by atoms with E-state index in [1.807, 2.05) is 0 Å². The van der Waals surface area contributed by atoms with Gasteiger partial charge in [-0.25, -0.2) is 0 Å². The molecule has 2 heteroatoms. The third kappa shape index (κ3) is 2.27. The summed E-state index contributed by atoms with van der Waals surface area (Å²) in [6.07, 6.45) is 0.561. The molecule has 0 fully saturated rings. The molecule has 0 aliphatic carbocycles. The molecule has 0 unspecified atom stereocenters. The zero-order chi connectivity index (χ0) is 5.70. The second kappa shape index (κ2) is 3.22. The zero-order valence-electron chi connectivity index (χ0n) is 4.73. The van der Waals surface area contributed by atoms with Gasteiger partial charge in [0.05, 0.1) is 0 Å². The number of ketones is 1. The Morgan fingerprint density at radius 1 is 2.17 bits per heavy atom. The minimum absolute atomic E-state index is 0.153. The summed E-state index contributed by atoms with van der Waals surface area (Å²) in [5.41, 5.74) is 0. The fourth-order valence-electron chi connectivity index (χ4n) is 0.102. The summed E-state index contributed by atoms with van der Waals surface area (Å²) in [7, 11) is 0. The van der Waals surface area contributed by atoms with Crippen LogP contribution in [0, 0.1) is 0 Å². The molecule has 0 saturated heterocycles. The second-order valence-electron chi connectivity index (χ2n) is 1.04. The molecule has 0 aromatic rings. The first-order chi connectivity index (χ1) is 3.31. The van der Waals surface area contributed by atoms with Gasteiger partial charge in [-0.15, -0.1) is 0 Å². The van der Waals surface area contributed by atoms with Gasteiger partial charge >= 0.3 is 0 Å². The maximum absolute atomic E-state index is 10.3. The van der Waals surface area contributed by atoms with Crippen LogP contribution in [-0.2, 0) is 4.79 Å². The van der Waals surface area contributed by atoms with Crippen LogP contribution in [0.1, 0.15) is 13.3 Å². The minimum Gasteiger partial charge on any atom is -0.299 e. The SMILES string of the molecule is [3H]SCC(=O)CC. The largest absolute Gasteiger partial charge is 0.299 e. The molecule has 36 valence electrons. The topological polar surface area (TPSA) is 17.1 Å². The number of hydrogen-bond acceptors (Lipinski definition) is 2. The van der Waals surface area contributed by atoms with Gasteiger partial charge < -0.3 is 0 Å². The van der Waals surface area contributed by atoms with E-state index in [0.717, 1.165) is 12.5 Å². The van der Waals surface area contributed by atoms with Crippen LogP contribution in [0.4, 0.5) is 0 Å². The van der Waals surface area contributed by atoms with Crippen molar-refractivity contribution in [1.29, 1.82) is 1.12 Å². The van der Waals surface area contributed by atoms with E-state index in [9.17, 15) is 4.79 Å². The van der Waals surface area contributed by atoms with Crippen LogP contribution in [0.25, 0.3) is 0 Å². The molecule has 0 radical (unpaired) electrons. The predicted molar refractivity (Wildman–Crippen MR) is 29.2 cm³/mol. The highest BCUT2D eigenvalue weighted by Crippen LogP contribution is 1.81. The Hall–Kier alpha value is 0.0200. The highest BCUT2D eigenvalue weighted by Gasteiger charge is 1.87. The fraction of sp³-hybridized carbons (Fsp3) is 0.750. The number of thiol groups is 1. The first kappa shape index (κ1) is 4.19. The summed E-state index contributed by atoms with van der Waals surface area (Å²) in [5, 5.41) is 0. The molecule has 6 heavy (non-hydrogen) atoms. The summed E-state index contributed by atoms with van der Waals surface area (Å²) in [6.45, 7) is 1.80. The minimum atomic E-state index is 0.153. The Balaban J connectivity index is 3.00. The third-order valence-electron chi connectivity index (χ3n) is 0.555. The molecule has 0 heterocycles. The van der Waals surface area contributed by atoms with E-state index in [1.54, 1.807) is 6.92 Å². The molecule has 1 nitrogen and oxygen atoms in total. The number of rotatable bonds is 3. The van der Waals surface area contributed by atoms with E-state index in [-0.39, 0.29) is 5.78 Å². The fourth-order valence-corrected chi connectivity index (χ4v) is 0.306. The van der Waals surface area contributed by atoms with Crippen LogP contribution in [0.15, 0.2) is 0 Å². The molecule has 0 aromatic heterocycles. The molecule has 0 saturated carbocycles. The summed E-state index contributed by atoms with van der Waals surface area (Å²) in [6, 6.07) is 0. The van der Waals surface area contributed by atoms with Crippen molar-refractivity contribution < 1.29 is 4.79 Å². The second-order valence-corrected chi connectivity index (χ2v) is 1.33. The molecule has 0 rings (SSSR count). The van der Waals surface area contributed by atoms with Gasteiger partial charge in [-0.3, -0.25) is 4.79 Å². The van der Waals surface area contributed by atoms with Crippen molar-refractivity contribution in [1.82, 2.24) is 0 Å². The predicted octanol–water partition coefficient (Wildman–Crippen LogP) is 0.895. The van der Waals surface area contributed by atoms with Gasteiger partial charge in [0.2, 0.25) is 0 Å². The van der Waals surface area contributed by atoms with Crippen molar-refractivity contribution in [3.05, 3.63) is 0 Å². The first-order valence-electron chi connectivity index (χ1n) is 2.32. The van der Waals surface area contributed by atoms with E-state index in [1.165, 1.54) is 0 Å². The van der Waals surface area contributed by atoms with Crippen molar-refractivity contribution in [3.63, 3.8) is 0 Å². The molecular weight excluding hydrogens is 96.1 g/mol. The van der Waals surface area contributed by atoms with Crippen molar-refractivity contribution in [2.45, 2.75) is 13.3 Å². The molecular formula is C4H8OS. The average molecular weight is 106 g/mol. The average Bonchev–Trinajstić information content (AvgIpc) is 1.68. The van der Waals surface area contributed by atoms with Crippen LogP contribution in [0.3, 0.4) is 0 Å². The maximum atomic E-state index is 10.3. The monoisotopic (exact) mass is 106 g/mol. The van der Waals surface area contributed by atoms with Gasteiger partial charge in [-0.05, 0) is 0 Å². The summed E-state index contributed by atoms with van der Waals surface area (Å²) < 4.78 is 6.53. The highest BCUT2D eigenvalue weighted by atomic mass is 32.1. The number of Topliss-reactive ketones (excluding diaryl/α,β-unsaturated/α-hetero) is 1. The normalized spacial score (nSPS) is 10.5. The lowest BCUT2D eigenvalue weighted by Gasteiger charge is -1.80. The van der Waals surface area contributed by atoms with E-state index in [2.05, 4.69) is 0 Å². The number of hydrogen-bond donors (Lipinski definition) is 1. The van der Waals surface area contributed by atoms with Crippen LogP contribution >= 0.6 is 12.5 Å². The van der Waals surface area contributed by atoms with Crippen LogP contribution in [0.2, 0.25) is 0 Å². The first-order valence-corrected chi connectivity index (χ1v) is 2.48. The van der Waals surface area contributed by atoms with Crippen LogP contribution in [-0.4, -0.2) is 12.7 Å². The van der Waals surface area contributed by atoms with Gasteiger partial charge in [-0.2, -0.15) is 12.5 Å². The van der Waals surface area contributed by atoms with Crippen LogP contribution < -0.4 is 0 Å². The standard InChI is InChI=1S/C4H8OS/c1-2-4(5)3-6/h6H,2-3H2,1H3/i/hT. The lowest BCUT2D eigenvalue weighted by Crippen LogP contribution is -1.93. The third-order valence-corrected chi connectivity index (χ3v) is 0.877. The number of carbonyl (C=O) groups excluding carboxylic acids is 1. The number of carbonyl (C=O) groups is 1. The summed E-state index contributed by atoms with van der Waals surface area (Å²) >= 11 is 0.835. The molecule has 0 aliphatic rings. The molecule has 0 spiro atoms. The van der Waals surface area contributed by atoms with Crippen molar-refractivity contribution in [2.75, 3.05) is 5.75 Å². The van der Waals surface area contributed by atoms with E-state index < -0.39 is 0 Å². The van der Waals surface area contributed by atoms with E-state index in [0.29, 0.717) is 12.2 Å². The molecule has 0 amide bonds. The summed E-state index contributed by atoms with van der Waals surface area (Å²) in [4.78, 5) is 10.3. The molecule has 0 N–H and O–H groups in total. The Bertz CT molecular complexity index is 64.7. The van der Waals surface area contributed by atoms with Gasteiger partial charge in [0.1, 0.15) is 6.91 Å². The van der Waals surface area contributed by atoms with Gasteiger partial charge in [0.25, 0.3) is 0 Å². The van der Waals surface area contributed by atoms with E-state index in [4.69, 9.17) is 1.12 Å². The van der Waals surface area contributed by atoms with Crippen molar-refractivity contribution >= 4 is 18.3 Å². The Kier molecular flexibility index (Phi) is 2.25. The Morgan fingerprint density at radius 3 is 3.00 bits per heavy atom. The van der Waals surface area contributed by atoms with Crippen LogP contribution in [0.5, 0.6) is 0 Å². The van der Waals surface area contributed by atoms with Crippen molar-refractivity contribution in [3.8, 4) is 0 Å². The Morgan fingerprint density at radius 2 is 2.83 bits per heavy atom. The van der Waals surface area contributed by atoms with Gasteiger partial charge in [-0.1, -0.05) is 6.92 Å². The van der Waals surface area contributed by atoms with Gasteiger partial charge in [0.15, 0.2) is 0 Å². The maximum Gasteiger partial charge on any atom is 0.142 e. The Labute approximate surface area is 44.2 Å². The van der Waals surface area contributed by atoms with Crippen molar-refractivity contribution in [2.24, 2.45) is 0 Å². The molecule has 0 atom stereocenters. The summed E-state index contributed by atoms with van der Waals surface area (Å²) in [5.74, 6) is 0.497. The molecule has 0 bridgehead atoms. The quantitative estimate of drug-likeness (QED) is 0.529.